The number of ether oxygens (including phenoxy) is 2. The average molecular weight is 319 g/mol. The number of carbonyl (C=O) groups excluding carboxylic acids is 1. The number of anilines is 1. The maximum Gasteiger partial charge on any atom is 0.323 e. The van der Waals surface area contributed by atoms with Crippen LogP contribution in [0.5, 0.6) is 11.5 Å². The van der Waals surface area contributed by atoms with Gasteiger partial charge in [0.2, 0.25) is 0 Å². The van der Waals surface area contributed by atoms with Crippen LogP contribution in [0.1, 0.15) is 6.92 Å². The maximum absolute atomic E-state index is 12.2. The molecule has 1 atom stereocenters. The first-order valence-electron chi connectivity index (χ1n) is 7.10. The molecule has 0 saturated carbocycles. The molecule has 0 bridgehead atoms. The fourth-order valence-corrected chi connectivity index (χ4v) is 2.73. The monoisotopic (exact) mass is 319 g/mol. The summed E-state index contributed by atoms with van der Waals surface area (Å²) in [4.78, 5) is 18.0. The van der Waals surface area contributed by atoms with Gasteiger partial charge in [-0.25, -0.2) is 9.78 Å². The number of fused-ring (bicyclic) bond motifs is 1. The zero-order valence-electron chi connectivity index (χ0n) is 12.2. The van der Waals surface area contributed by atoms with Crippen LogP contribution in [0.3, 0.4) is 0 Å². The number of hydrogen-bond donors (Lipinski definition) is 1. The van der Waals surface area contributed by atoms with Crippen molar-refractivity contribution in [2.24, 2.45) is 0 Å². The number of amides is 2. The van der Waals surface area contributed by atoms with E-state index in [0.29, 0.717) is 24.8 Å². The molecule has 1 N–H and O–H groups in total. The van der Waals surface area contributed by atoms with Gasteiger partial charge < -0.3 is 14.4 Å². The van der Waals surface area contributed by atoms with Crippen LogP contribution in [0.2, 0.25) is 0 Å². The maximum atomic E-state index is 12.2. The van der Waals surface area contributed by atoms with Gasteiger partial charge in [0.1, 0.15) is 6.61 Å². The number of likely N-dealkylation sites (N-methyl/N-ethyl adjacent to an activating group) is 1. The van der Waals surface area contributed by atoms with E-state index < -0.39 is 0 Å². The Morgan fingerprint density at radius 2 is 2.27 bits per heavy atom. The van der Waals surface area contributed by atoms with Crippen molar-refractivity contribution in [3.8, 4) is 11.5 Å². The Morgan fingerprint density at radius 3 is 3.00 bits per heavy atom. The molecule has 2 heterocycles. The summed E-state index contributed by atoms with van der Waals surface area (Å²) in [6, 6.07) is 7.37. The quantitative estimate of drug-likeness (QED) is 0.941. The summed E-state index contributed by atoms with van der Waals surface area (Å²) in [5, 5.41) is 5.19. The van der Waals surface area contributed by atoms with Gasteiger partial charge in [-0.3, -0.25) is 5.32 Å². The van der Waals surface area contributed by atoms with Crippen LogP contribution in [0.15, 0.2) is 35.8 Å². The van der Waals surface area contributed by atoms with Crippen molar-refractivity contribution in [3.05, 3.63) is 35.8 Å². The molecule has 0 saturated heterocycles. The zero-order chi connectivity index (χ0) is 15.4. The average Bonchev–Trinajstić information content (AvgIpc) is 3.05. The summed E-state index contributed by atoms with van der Waals surface area (Å²) < 4.78 is 11.6. The van der Waals surface area contributed by atoms with Crippen LogP contribution >= 0.6 is 11.3 Å². The minimum Gasteiger partial charge on any atom is -0.486 e. The predicted molar refractivity (Wildman–Crippen MR) is 84.7 cm³/mol. The number of nitrogens with zero attached hydrogens (tertiary/aromatic N) is 2. The van der Waals surface area contributed by atoms with Gasteiger partial charge in [-0.1, -0.05) is 12.1 Å². The summed E-state index contributed by atoms with van der Waals surface area (Å²) >= 11 is 1.39. The third-order valence-corrected chi connectivity index (χ3v) is 4.00. The van der Waals surface area contributed by atoms with Crippen LogP contribution in [-0.2, 0) is 0 Å². The lowest BCUT2D eigenvalue weighted by molar-refractivity contribution is 0.0693. The highest BCUT2D eigenvalue weighted by atomic mass is 32.1. The number of rotatable bonds is 4. The molecule has 1 aliphatic rings. The number of hydrogen-bond acceptors (Lipinski definition) is 5. The number of para-hydroxylation sites is 2. The molecule has 1 aliphatic heterocycles. The summed E-state index contributed by atoms with van der Waals surface area (Å²) in [5.41, 5.74) is 0. The molecule has 6 nitrogen and oxygen atoms in total. The minimum absolute atomic E-state index is 0.181. The molecule has 0 fully saturated rings. The molecule has 7 heteroatoms. The first-order chi connectivity index (χ1) is 10.8. The number of aromatic nitrogens is 1. The first-order valence-corrected chi connectivity index (χ1v) is 7.98. The molecule has 1 unspecified atom stereocenters. The van der Waals surface area contributed by atoms with Crippen molar-refractivity contribution in [2.45, 2.75) is 13.0 Å². The molecule has 0 spiro atoms. The third-order valence-electron chi connectivity index (χ3n) is 3.31. The molecular weight excluding hydrogens is 302 g/mol. The van der Waals surface area contributed by atoms with Crippen molar-refractivity contribution < 1.29 is 14.3 Å². The largest absolute Gasteiger partial charge is 0.486 e. The van der Waals surface area contributed by atoms with E-state index in [1.165, 1.54) is 11.3 Å². The highest BCUT2D eigenvalue weighted by molar-refractivity contribution is 7.13. The van der Waals surface area contributed by atoms with Crippen LogP contribution in [0.25, 0.3) is 0 Å². The van der Waals surface area contributed by atoms with Gasteiger partial charge in [0.25, 0.3) is 0 Å². The summed E-state index contributed by atoms with van der Waals surface area (Å²) in [5.74, 6) is 1.46. The lowest BCUT2D eigenvalue weighted by Gasteiger charge is -2.30. The number of thiazole rings is 1. The zero-order valence-corrected chi connectivity index (χ0v) is 13.0. The first kappa shape index (κ1) is 14.6. The Kier molecular flexibility index (Phi) is 4.43. The minimum atomic E-state index is -0.183. The van der Waals surface area contributed by atoms with Gasteiger partial charge in [0, 0.05) is 18.1 Å². The Balaban J connectivity index is 1.60. The second kappa shape index (κ2) is 6.65. The second-order valence-electron chi connectivity index (χ2n) is 4.80. The molecule has 1 aromatic heterocycles. The predicted octanol–water partition coefficient (Wildman–Crippen LogP) is 2.84. The van der Waals surface area contributed by atoms with Gasteiger partial charge in [0.05, 0.1) is 6.54 Å². The lowest BCUT2D eigenvalue weighted by Crippen LogP contribution is -2.45. The fourth-order valence-electron chi connectivity index (χ4n) is 2.21. The van der Waals surface area contributed by atoms with Gasteiger partial charge in [0.15, 0.2) is 22.7 Å². The van der Waals surface area contributed by atoms with Crippen LogP contribution in [0, 0.1) is 0 Å². The normalized spacial score (nSPS) is 16.1. The van der Waals surface area contributed by atoms with Crippen LogP contribution in [0.4, 0.5) is 9.93 Å². The molecule has 2 amide bonds. The van der Waals surface area contributed by atoms with E-state index in [2.05, 4.69) is 10.3 Å². The number of urea groups is 1. The van der Waals surface area contributed by atoms with Crippen molar-refractivity contribution in [1.82, 2.24) is 9.88 Å². The van der Waals surface area contributed by atoms with E-state index in [9.17, 15) is 4.79 Å². The standard InChI is InChI=1S/C15H17N3O3S/c1-2-18(15(19)17-14-16-7-8-22-14)9-11-10-20-12-5-3-4-6-13(12)21-11/h3-8,11H,2,9-10H2,1H3,(H,16,17,19). The van der Waals surface area contributed by atoms with Gasteiger partial charge in [-0.2, -0.15) is 0 Å². The molecule has 3 rings (SSSR count). The topological polar surface area (TPSA) is 63.7 Å². The second-order valence-corrected chi connectivity index (χ2v) is 5.70. The molecule has 22 heavy (non-hydrogen) atoms. The Morgan fingerprint density at radius 1 is 1.45 bits per heavy atom. The van der Waals surface area contributed by atoms with E-state index in [1.807, 2.05) is 36.6 Å². The molecule has 116 valence electrons. The van der Waals surface area contributed by atoms with E-state index >= 15 is 0 Å². The molecule has 0 radical (unpaired) electrons. The molecule has 0 aliphatic carbocycles. The van der Waals surface area contributed by atoms with E-state index in [1.54, 1.807) is 11.1 Å². The Labute approximate surface area is 132 Å². The van der Waals surface area contributed by atoms with Gasteiger partial charge in [-0.05, 0) is 19.1 Å². The summed E-state index contributed by atoms with van der Waals surface area (Å²) in [6.07, 6.45) is 1.47. The van der Waals surface area contributed by atoms with Crippen LogP contribution in [-0.4, -0.2) is 41.7 Å². The number of carbonyl (C=O) groups is 1. The lowest BCUT2D eigenvalue weighted by atomic mass is 10.2. The van der Waals surface area contributed by atoms with Crippen molar-refractivity contribution >= 4 is 22.5 Å². The SMILES string of the molecule is CCN(CC1COc2ccccc2O1)C(=O)Nc1nccs1. The Hall–Kier alpha value is -2.28. The van der Waals surface area contributed by atoms with Crippen molar-refractivity contribution in [1.29, 1.82) is 0 Å². The van der Waals surface area contributed by atoms with Gasteiger partial charge >= 0.3 is 6.03 Å². The molecular formula is C15H17N3O3S. The van der Waals surface area contributed by atoms with Gasteiger partial charge in [-0.15, -0.1) is 11.3 Å². The Bertz CT molecular complexity index is 633. The van der Waals surface area contributed by atoms with Crippen LogP contribution < -0.4 is 14.8 Å². The molecule has 1 aromatic carbocycles. The summed E-state index contributed by atoms with van der Waals surface area (Å²) in [7, 11) is 0. The number of benzene rings is 1. The van der Waals surface area contributed by atoms with Crippen molar-refractivity contribution in [3.63, 3.8) is 0 Å². The van der Waals surface area contributed by atoms with E-state index in [0.717, 1.165) is 11.5 Å². The van der Waals surface area contributed by atoms with Crippen molar-refractivity contribution in [2.75, 3.05) is 25.0 Å². The molecule has 2 aromatic rings. The summed E-state index contributed by atoms with van der Waals surface area (Å²) in [6.45, 7) is 3.40. The van der Waals surface area contributed by atoms with E-state index in [-0.39, 0.29) is 12.1 Å². The number of nitrogens with one attached hydrogen (secondary N) is 1. The highest BCUT2D eigenvalue weighted by Gasteiger charge is 2.25. The highest BCUT2D eigenvalue weighted by Crippen LogP contribution is 2.31. The van der Waals surface area contributed by atoms with E-state index in [4.69, 9.17) is 9.47 Å². The smallest absolute Gasteiger partial charge is 0.323 e. The fraction of sp³-hybridized carbons (Fsp3) is 0.333. The third kappa shape index (κ3) is 3.30.